The third kappa shape index (κ3) is 17.5. The standard InChI is InChI=1S/C57H84N6O14/c1-14-35(8)47-45(64)30-46(65)77-50(34(6)7)49(66)36(9)51(67)58-41(27-32(2)3)54(70)63-26-18-21-42(63)55(71)61(11)44(29-38-22-24-40(74-13)25-23-38)56(72)76-37(10)48(53(69)59-47)60-52(68)43(28-33(4)5)62(12)57(73)75-31-39-19-16-15-17-20-39/h15-17,19-20,22-25,32-37,41-45,47-48,50,64H,14,18,21,26-31H2,1-13H3,(H,58,67)(H,59,69)(H,60,68)/t35-,36-,37+,41-,42-,43+,44-,45-,47+,48-,50-/m0/s1. The van der Waals surface area contributed by atoms with E-state index in [1.165, 1.54) is 44.9 Å². The number of carbonyl (C=O) groups excluding carboxylic acids is 9. The Morgan fingerprint density at radius 2 is 1.51 bits per heavy atom. The van der Waals surface area contributed by atoms with E-state index < -0.39 is 132 Å². The fourth-order valence-electron chi connectivity index (χ4n) is 9.55. The van der Waals surface area contributed by atoms with Gasteiger partial charge < -0.3 is 49.8 Å². The van der Waals surface area contributed by atoms with Crippen LogP contribution in [0, 0.1) is 29.6 Å². The molecule has 2 aromatic carbocycles. The third-order valence-electron chi connectivity index (χ3n) is 14.4. The number of aliphatic hydroxyl groups is 1. The van der Waals surface area contributed by atoms with Gasteiger partial charge in [-0.2, -0.15) is 0 Å². The SMILES string of the molecule is CC[C@H](C)[C@H]1NC(=O)[C@@H](NC(=O)[C@@H](CC(C)C)N(C)C(=O)OCc2ccccc2)[C@@H](C)OC(=O)[C@H](Cc2ccc(OC)cc2)N(C)C(=O)[C@@H]2CCCN2C(=O)[C@H](CC(C)C)NC(=O)[C@@H](C)C(=O)[C@H](C(C)C)OC(=O)C[C@@H]1O. The van der Waals surface area contributed by atoms with Crippen LogP contribution in [0.1, 0.15) is 119 Å². The summed E-state index contributed by atoms with van der Waals surface area (Å²) in [4.78, 5) is 133. The minimum absolute atomic E-state index is 0.0856. The zero-order valence-electron chi connectivity index (χ0n) is 47.2. The van der Waals surface area contributed by atoms with Crippen LogP contribution in [0.5, 0.6) is 5.75 Å². The van der Waals surface area contributed by atoms with Crippen molar-refractivity contribution in [3.63, 3.8) is 0 Å². The third-order valence-corrected chi connectivity index (χ3v) is 14.4. The number of cyclic esters (lactones) is 2. The summed E-state index contributed by atoms with van der Waals surface area (Å²) in [7, 11) is 4.30. The number of ketones is 1. The molecule has 0 aromatic heterocycles. The monoisotopic (exact) mass is 1080 g/mol. The fourth-order valence-corrected chi connectivity index (χ4v) is 9.55. The van der Waals surface area contributed by atoms with E-state index in [-0.39, 0.29) is 50.7 Å². The molecule has 0 spiro atoms. The number of aliphatic hydroxyl groups excluding tert-OH is 1. The number of methoxy groups -OCH3 is 1. The van der Waals surface area contributed by atoms with Crippen LogP contribution < -0.4 is 20.7 Å². The molecule has 2 fully saturated rings. The zero-order valence-corrected chi connectivity index (χ0v) is 47.2. The van der Waals surface area contributed by atoms with E-state index in [0.29, 0.717) is 29.7 Å². The van der Waals surface area contributed by atoms with E-state index >= 15 is 0 Å². The van der Waals surface area contributed by atoms with E-state index in [1.807, 2.05) is 33.8 Å². The first-order valence-corrected chi connectivity index (χ1v) is 27.0. The molecule has 0 radical (unpaired) electrons. The molecule has 20 heteroatoms. The summed E-state index contributed by atoms with van der Waals surface area (Å²) in [5.41, 5.74) is 1.30. The van der Waals surface area contributed by atoms with Crippen LogP contribution in [0.25, 0.3) is 0 Å². The zero-order chi connectivity index (χ0) is 57.4. The molecule has 6 amide bonds. The topological polar surface area (TPSA) is 257 Å². The van der Waals surface area contributed by atoms with E-state index in [4.69, 9.17) is 18.9 Å². The van der Waals surface area contributed by atoms with Crippen molar-refractivity contribution >= 4 is 53.4 Å². The lowest BCUT2D eigenvalue weighted by Crippen LogP contribution is -2.61. The van der Waals surface area contributed by atoms with Crippen molar-refractivity contribution in [3.8, 4) is 5.75 Å². The number of benzene rings is 2. The van der Waals surface area contributed by atoms with E-state index in [1.54, 1.807) is 76.2 Å². The van der Waals surface area contributed by atoms with Crippen LogP contribution in [-0.4, -0.2) is 155 Å². The fraction of sp³-hybridized carbons (Fsp3) is 0.632. The lowest BCUT2D eigenvalue weighted by atomic mass is 9.91. The summed E-state index contributed by atoms with van der Waals surface area (Å²) in [6.45, 7) is 17.0. The van der Waals surface area contributed by atoms with Gasteiger partial charge in [-0.15, -0.1) is 0 Å². The van der Waals surface area contributed by atoms with Crippen LogP contribution in [0.4, 0.5) is 4.79 Å². The van der Waals surface area contributed by atoms with Crippen molar-refractivity contribution in [2.75, 3.05) is 27.7 Å². The molecule has 2 saturated heterocycles. The normalized spacial score (nSPS) is 25.6. The summed E-state index contributed by atoms with van der Waals surface area (Å²) in [6, 6.07) is 7.97. The molecule has 2 aliphatic heterocycles. The number of rotatable bonds is 15. The molecular formula is C57H84N6O14. The molecule has 0 bridgehead atoms. The van der Waals surface area contributed by atoms with Gasteiger partial charge in [-0.1, -0.05) is 104 Å². The second kappa shape index (κ2) is 29.2. The predicted molar refractivity (Wildman–Crippen MR) is 285 cm³/mol. The summed E-state index contributed by atoms with van der Waals surface area (Å²) in [5.74, 6) is -8.77. The summed E-state index contributed by atoms with van der Waals surface area (Å²) < 4.78 is 22.8. The van der Waals surface area contributed by atoms with Crippen LogP contribution in [0.15, 0.2) is 54.6 Å². The van der Waals surface area contributed by atoms with Gasteiger partial charge in [-0.25, -0.2) is 9.59 Å². The summed E-state index contributed by atoms with van der Waals surface area (Å²) in [5, 5.41) is 20.1. The second-order valence-corrected chi connectivity index (χ2v) is 21.8. The molecule has 2 heterocycles. The number of carbonyl (C=O) groups is 9. The highest BCUT2D eigenvalue weighted by atomic mass is 16.6. The lowest BCUT2D eigenvalue weighted by molar-refractivity contribution is -0.163. The van der Waals surface area contributed by atoms with Gasteiger partial charge in [0.15, 0.2) is 11.9 Å². The minimum atomic E-state index is -1.72. The van der Waals surface area contributed by atoms with Gasteiger partial charge in [0.05, 0.1) is 31.6 Å². The number of amides is 6. The number of hydrogen-bond donors (Lipinski definition) is 4. The first kappa shape index (κ1) is 63.0. The average Bonchev–Trinajstić information content (AvgIpc) is 3.89. The molecule has 4 rings (SSSR count). The molecule has 0 unspecified atom stereocenters. The number of fused-ring (bicyclic) bond motifs is 1. The maximum absolute atomic E-state index is 14.9. The van der Waals surface area contributed by atoms with E-state index in [0.717, 1.165) is 4.90 Å². The largest absolute Gasteiger partial charge is 0.497 e. The maximum Gasteiger partial charge on any atom is 0.410 e. The van der Waals surface area contributed by atoms with Gasteiger partial charge in [0.1, 0.15) is 48.7 Å². The predicted octanol–water partition coefficient (Wildman–Crippen LogP) is 4.75. The molecule has 2 aliphatic rings. The highest BCUT2D eigenvalue weighted by Gasteiger charge is 2.45. The molecule has 0 saturated carbocycles. The Bertz CT molecular complexity index is 2350. The molecular weight excluding hydrogens is 993 g/mol. The summed E-state index contributed by atoms with van der Waals surface area (Å²) >= 11 is 0. The highest BCUT2D eigenvalue weighted by Crippen LogP contribution is 2.26. The number of hydrogen-bond acceptors (Lipinski definition) is 14. The van der Waals surface area contributed by atoms with Gasteiger partial charge in [0.25, 0.3) is 0 Å². The molecule has 4 N–H and O–H groups in total. The lowest BCUT2D eigenvalue weighted by Gasteiger charge is -2.36. The van der Waals surface area contributed by atoms with Gasteiger partial charge in [-0.05, 0) is 86.5 Å². The van der Waals surface area contributed by atoms with Crippen LogP contribution in [0.2, 0.25) is 0 Å². The Morgan fingerprint density at radius 1 is 0.857 bits per heavy atom. The Balaban J connectivity index is 1.86. The van der Waals surface area contributed by atoms with Crippen molar-refractivity contribution in [1.29, 1.82) is 0 Å². The van der Waals surface area contributed by atoms with E-state index in [2.05, 4.69) is 16.0 Å². The van der Waals surface area contributed by atoms with Crippen molar-refractivity contribution in [2.24, 2.45) is 29.6 Å². The number of likely N-dealkylation sites (N-methyl/N-ethyl adjacent to an activating group) is 2. The number of nitrogens with one attached hydrogen (secondary N) is 3. The minimum Gasteiger partial charge on any atom is -0.497 e. The smallest absolute Gasteiger partial charge is 0.410 e. The molecule has 0 aliphatic carbocycles. The Kier molecular flexibility index (Phi) is 23.9. The van der Waals surface area contributed by atoms with Gasteiger partial charge in [-0.3, -0.25) is 38.5 Å². The van der Waals surface area contributed by atoms with Gasteiger partial charge >= 0.3 is 18.0 Å². The Morgan fingerprint density at radius 3 is 2.09 bits per heavy atom. The van der Waals surface area contributed by atoms with Crippen molar-refractivity contribution in [1.82, 2.24) is 30.7 Å². The number of ether oxygens (including phenoxy) is 4. The first-order valence-electron chi connectivity index (χ1n) is 27.0. The Hall–Kier alpha value is -6.57. The second-order valence-electron chi connectivity index (χ2n) is 21.8. The van der Waals surface area contributed by atoms with Crippen molar-refractivity contribution in [2.45, 2.75) is 175 Å². The molecule has 77 heavy (non-hydrogen) atoms. The van der Waals surface area contributed by atoms with Crippen LogP contribution >= 0.6 is 0 Å². The molecule has 20 nitrogen and oxygen atoms in total. The van der Waals surface area contributed by atoms with Gasteiger partial charge in [0, 0.05) is 27.1 Å². The average molecular weight is 1080 g/mol. The highest BCUT2D eigenvalue weighted by molar-refractivity contribution is 6.05. The summed E-state index contributed by atoms with van der Waals surface area (Å²) in [6.07, 6.45) is -4.96. The number of Topliss-reactive ketones (excluding diaryl/α,β-unsaturated/α-hetero) is 1. The van der Waals surface area contributed by atoms with Gasteiger partial charge in [0.2, 0.25) is 29.5 Å². The molecule has 2 aromatic rings. The van der Waals surface area contributed by atoms with Crippen molar-refractivity contribution in [3.05, 3.63) is 65.7 Å². The van der Waals surface area contributed by atoms with Crippen LogP contribution in [-0.2, 0) is 65.6 Å². The van der Waals surface area contributed by atoms with Crippen molar-refractivity contribution < 1.29 is 67.2 Å². The molecule has 426 valence electrons. The van der Waals surface area contributed by atoms with Crippen LogP contribution in [0.3, 0.4) is 0 Å². The maximum atomic E-state index is 14.9. The molecule has 11 atom stereocenters. The quantitative estimate of drug-likeness (QED) is 0.107. The first-order chi connectivity index (χ1) is 36.3. The number of nitrogens with zero attached hydrogens (tertiary/aromatic N) is 3. The number of esters is 2. The van der Waals surface area contributed by atoms with E-state index in [9.17, 15) is 48.3 Å². The Labute approximate surface area is 454 Å².